The number of ketones is 1. The Morgan fingerprint density at radius 3 is 2.28 bits per heavy atom. The van der Waals surface area contributed by atoms with Crippen molar-refractivity contribution in [3.63, 3.8) is 0 Å². The molecule has 0 aromatic heterocycles. The lowest BCUT2D eigenvalue weighted by Gasteiger charge is -2.70. The molecule has 0 aromatic rings. The normalized spacial score (nSPS) is 45.1. The zero-order valence-electron chi connectivity index (χ0n) is 24.5. The van der Waals surface area contributed by atoms with Crippen molar-refractivity contribution >= 4 is 11.8 Å². The molecule has 0 aliphatic heterocycles. The maximum Gasteiger partial charge on any atom is 0.302 e. The highest BCUT2D eigenvalue weighted by Crippen LogP contribution is 2.75. The predicted octanol–water partition coefficient (Wildman–Crippen LogP) is 7.28. The van der Waals surface area contributed by atoms with Crippen molar-refractivity contribution in [2.75, 3.05) is 0 Å². The van der Waals surface area contributed by atoms with Crippen LogP contribution in [0, 0.1) is 45.3 Å². The van der Waals surface area contributed by atoms with Gasteiger partial charge in [-0.25, -0.2) is 0 Å². The van der Waals surface area contributed by atoms with E-state index in [9.17, 15) is 14.7 Å². The second kappa shape index (κ2) is 8.95. The SMILES string of the molecule is CC(=O)O[C@@H]1C[C@@H]2[C@@]3(C)CCC(=O)C(C)(C)[C@@H]3CC[C@@]2(C)[C@]2(C)CC[C@H]([C@@](C)(O)CCC=C(C)C)[C@@H]12. The number of allylic oxidation sites excluding steroid dienone is 2. The van der Waals surface area contributed by atoms with Gasteiger partial charge in [-0.15, -0.1) is 0 Å². The van der Waals surface area contributed by atoms with Crippen LogP contribution in [0.5, 0.6) is 0 Å². The van der Waals surface area contributed by atoms with Gasteiger partial charge in [0.2, 0.25) is 0 Å². The third-order valence-electron chi connectivity index (χ3n) is 12.4. The lowest BCUT2D eigenvalue weighted by Crippen LogP contribution is -2.66. The minimum atomic E-state index is -0.795. The lowest BCUT2D eigenvalue weighted by atomic mass is 9.35. The molecule has 0 unspecified atom stereocenters. The Bertz CT molecular complexity index is 926. The van der Waals surface area contributed by atoms with Gasteiger partial charge in [0, 0.05) is 24.7 Å². The topological polar surface area (TPSA) is 63.6 Å². The number of aliphatic hydroxyl groups is 1. The molecule has 1 N–H and O–H groups in total. The Balaban J connectivity index is 1.75. The molecule has 4 aliphatic carbocycles. The maximum absolute atomic E-state index is 13.0. The Hall–Kier alpha value is -1.16. The first-order valence-corrected chi connectivity index (χ1v) is 14.6. The van der Waals surface area contributed by atoms with Crippen LogP contribution in [-0.2, 0) is 14.3 Å². The van der Waals surface area contributed by atoms with Crippen LogP contribution < -0.4 is 0 Å². The van der Waals surface area contributed by atoms with Gasteiger partial charge in [-0.3, -0.25) is 9.59 Å². The molecule has 4 aliphatic rings. The van der Waals surface area contributed by atoms with E-state index in [-0.39, 0.29) is 45.6 Å². The zero-order chi connectivity index (χ0) is 26.9. The molecule has 0 radical (unpaired) electrons. The molecule has 204 valence electrons. The first kappa shape index (κ1) is 27.9. The van der Waals surface area contributed by atoms with Crippen LogP contribution in [0.3, 0.4) is 0 Å². The predicted molar refractivity (Wildman–Crippen MR) is 144 cm³/mol. The summed E-state index contributed by atoms with van der Waals surface area (Å²) in [4.78, 5) is 25.4. The number of hydrogen-bond donors (Lipinski definition) is 1. The third kappa shape index (κ3) is 4.03. The van der Waals surface area contributed by atoms with Crippen molar-refractivity contribution in [3.05, 3.63) is 11.6 Å². The molecule has 0 bridgehead atoms. The van der Waals surface area contributed by atoms with Crippen LogP contribution in [0.15, 0.2) is 11.6 Å². The highest BCUT2D eigenvalue weighted by atomic mass is 16.5. The first-order chi connectivity index (χ1) is 16.5. The van der Waals surface area contributed by atoms with Crippen LogP contribution in [0.2, 0.25) is 0 Å². The Kier molecular flexibility index (Phi) is 6.93. The molecule has 0 saturated heterocycles. The molecule has 4 nitrogen and oxygen atoms in total. The second-order valence-electron chi connectivity index (χ2n) is 14.9. The van der Waals surface area contributed by atoms with Crippen molar-refractivity contribution in [1.82, 2.24) is 0 Å². The van der Waals surface area contributed by atoms with Gasteiger partial charge >= 0.3 is 5.97 Å². The molecule has 4 heteroatoms. The quantitative estimate of drug-likeness (QED) is 0.318. The molecule has 4 rings (SSSR count). The van der Waals surface area contributed by atoms with Crippen molar-refractivity contribution in [2.24, 2.45) is 45.3 Å². The fourth-order valence-corrected chi connectivity index (χ4v) is 10.4. The number of esters is 1. The molecular formula is C32H52O4. The molecule has 9 atom stereocenters. The van der Waals surface area contributed by atoms with Crippen LogP contribution in [0.1, 0.15) is 120 Å². The van der Waals surface area contributed by atoms with E-state index in [1.807, 2.05) is 6.92 Å². The highest BCUT2D eigenvalue weighted by molar-refractivity contribution is 5.85. The van der Waals surface area contributed by atoms with Crippen molar-refractivity contribution in [3.8, 4) is 0 Å². The number of hydrogen-bond acceptors (Lipinski definition) is 4. The van der Waals surface area contributed by atoms with Gasteiger partial charge in [0.05, 0.1) is 5.60 Å². The molecule has 0 aromatic carbocycles. The van der Waals surface area contributed by atoms with Gasteiger partial charge in [0.15, 0.2) is 0 Å². The summed E-state index contributed by atoms with van der Waals surface area (Å²) in [6.07, 6.45) is 10.4. The van der Waals surface area contributed by atoms with E-state index in [0.717, 1.165) is 51.4 Å². The molecule has 36 heavy (non-hydrogen) atoms. The van der Waals surface area contributed by atoms with Gasteiger partial charge in [-0.05, 0) is 106 Å². The Morgan fingerprint density at radius 2 is 1.67 bits per heavy atom. The van der Waals surface area contributed by atoms with Gasteiger partial charge in [-0.2, -0.15) is 0 Å². The summed E-state index contributed by atoms with van der Waals surface area (Å²) in [5.74, 6) is 1.24. The first-order valence-electron chi connectivity index (χ1n) is 14.6. The van der Waals surface area contributed by atoms with Crippen LogP contribution in [0.25, 0.3) is 0 Å². The fraction of sp³-hybridized carbons (Fsp3) is 0.875. The summed E-state index contributed by atoms with van der Waals surface area (Å²) < 4.78 is 6.20. The van der Waals surface area contributed by atoms with E-state index in [2.05, 4.69) is 54.5 Å². The van der Waals surface area contributed by atoms with Gasteiger partial charge in [0.1, 0.15) is 11.9 Å². The van der Waals surface area contributed by atoms with E-state index < -0.39 is 5.60 Å². The highest BCUT2D eigenvalue weighted by Gasteiger charge is 2.72. The average molecular weight is 501 g/mol. The van der Waals surface area contributed by atoms with Crippen molar-refractivity contribution in [2.45, 2.75) is 132 Å². The number of carbonyl (C=O) groups is 2. The zero-order valence-corrected chi connectivity index (χ0v) is 24.5. The lowest BCUT2D eigenvalue weighted by molar-refractivity contribution is -0.237. The molecule has 0 spiro atoms. The molecule has 0 amide bonds. The summed E-state index contributed by atoms with van der Waals surface area (Å²) in [5, 5.41) is 11.8. The fourth-order valence-electron chi connectivity index (χ4n) is 10.4. The number of ether oxygens (including phenoxy) is 1. The van der Waals surface area contributed by atoms with E-state index >= 15 is 0 Å². The van der Waals surface area contributed by atoms with Gasteiger partial charge < -0.3 is 9.84 Å². The summed E-state index contributed by atoms with van der Waals surface area (Å²) in [5.41, 5.74) is 0.334. The minimum absolute atomic E-state index is 0.0131. The standard InChI is InChI=1S/C32H52O4/c1-20(2)11-10-15-32(9,35)22-12-17-31(8)27(22)23(36-21(3)33)19-25-29(6)16-14-26(34)28(4,5)24(29)13-18-30(25,31)7/h11,22-25,27,35H,10,12-19H2,1-9H3/t22-,23+,24-,25+,27-,29-,30+,31+,32-/m0/s1. The van der Waals surface area contributed by atoms with Gasteiger partial charge in [0.25, 0.3) is 0 Å². The summed E-state index contributed by atoms with van der Waals surface area (Å²) in [6, 6.07) is 0. The van der Waals surface area contributed by atoms with Crippen LogP contribution in [0.4, 0.5) is 0 Å². The molecule has 4 fully saturated rings. The summed E-state index contributed by atoms with van der Waals surface area (Å²) in [6.45, 7) is 19.5. The van der Waals surface area contributed by atoms with E-state index in [4.69, 9.17) is 4.74 Å². The minimum Gasteiger partial charge on any atom is -0.462 e. The number of fused-ring (bicyclic) bond motifs is 5. The molecule has 4 saturated carbocycles. The van der Waals surface area contributed by atoms with E-state index in [1.165, 1.54) is 12.5 Å². The van der Waals surface area contributed by atoms with Crippen LogP contribution in [-0.4, -0.2) is 28.6 Å². The number of Topliss-reactive ketones (excluding diaryl/α,β-unsaturated/α-hetero) is 1. The molecular weight excluding hydrogens is 448 g/mol. The van der Waals surface area contributed by atoms with Gasteiger partial charge in [-0.1, -0.05) is 46.3 Å². The van der Waals surface area contributed by atoms with Crippen molar-refractivity contribution in [1.29, 1.82) is 0 Å². The number of rotatable bonds is 5. The largest absolute Gasteiger partial charge is 0.462 e. The smallest absolute Gasteiger partial charge is 0.302 e. The maximum atomic E-state index is 13.0. The summed E-state index contributed by atoms with van der Waals surface area (Å²) >= 11 is 0. The van der Waals surface area contributed by atoms with Crippen molar-refractivity contribution < 1.29 is 19.4 Å². The molecule has 0 heterocycles. The monoisotopic (exact) mass is 500 g/mol. The van der Waals surface area contributed by atoms with Crippen LogP contribution >= 0.6 is 0 Å². The third-order valence-corrected chi connectivity index (χ3v) is 12.4. The Morgan fingerprint density at radius 1 is 1.03 bits per heavy atom. The average Bonchev–Trinajstić information content (AvgIpc) is 3.12. The second-order valence-corrected chi connectivity index (χ2v) is 14.9. The number of carbonyl (C=O) groups excluding carboxylic acids is 2. The summed E-state index contributed by atoms with van der Waals surface area (Å²) in [7, 11) is 0. The van der Waals surface area contributed by atoms with E-state index in [1.54, 1.807) is 0 Å². The van der Waals surface area contributed by atoms with E-state index in [0.29, 0.717) is 24.0 Å². The Labute approximate surface area is 220 Å².